The summed E-state index contributed by atoms with van der Waals surface area (Å²) in [7, 11) is -3.51. The summed E-state index contributed by atoms with van der Waals surface area (Å²) < 4.78 is 27.8. The average Bonchev–Trinajstić information content (AvgIpc) is 2.91. The molecule has 120 valence electrons. The minimum atomic E-state index is -3.51. The first-order valence-electron chi connectivity index (χ1n) is 7.61. The van der Waals surface area contributed by atoms with Gasteiger partial charge in [0, 0.05) is 31.7 Å². The molecule has 7 heteroatoms. The van der Waals surface area contributed by atoms with Gasteiger partial charge in [-0.1, -0.05) is 0 Å². The molecule has 0 radical (unpaired) electrons. The highest BCUT2D eigenvalue weighted by Crippen LogP contribution is 2.30. The molecule has 0 unspecified atom stereocenters. The molecule has 2 heterocycles. The summed E-state index contributed by atoms with van der Waals surface area (Å²) >= 11 is 0. The highest BCUT2D eigenvalue weighted by molar-refractivity contribution is 7.89. The van der Waals surface area contributed by atoms with Gasteiger partial charge in [0.05, 0.1) is 4.90 Å². The van der Waals surface area contributed by atoms with Crippen molar-refractivity contribution in [2.24, 2.45) is 0 Å². The van der Waals surface area contributed by atoms with E-state index in [1.165, 1.54) is 6.92 Å². The van der Waals surface area contributed by atoms with Crippen molar-refractivity contribution in [2.75, 3.05) is 24.5 Å². The Bertz CT molecular complexity index is 681. The van der Waals surface area contributed by atoms with Crippen LogP contribution in [0.5, 0.6) is 0 Å². The fourth-order valence-corrected chi connectivity index (χ4v) is 4.43. The van der Waals surface area contributed by atoms with Crippen LogP contribution in [0.4, 0.5) is 5.69 Å². The maximum atomic E-state index is 12.5. The number of benzene rings is 1. The molecular formula is C15H21N3O3S. The van der Waals surface area contributed by atoms with Gasteiger partial charge in [0.15, 0.2) is 0 Å². The van der Waals surface area contributed by atoms with E-state index in [9.17, 15) is 13.2 Å². The van der Waals surface area contributed by atoms with Gasteiger partial charge in [-0.05, 0) is 49.6 Å². The molecule has 1 saturated heterocycles. The van der Waals surface area contributed by atoms with Crippen LogP contribution >= 0.6 is 0 Å². The number of nitrogens with one attached hydrogen (secondary N) is 2. The number of anilines is 1. The number of amides is 1. The van der Waals surface area contributed by atoms with Gasteiger partial charge in [-0.2, -0.15) is 0 Å². The second-order valence-corrected chi connectivity index (χ2v) is 7.59. The van der Waals surface area contributed by atoms with Crippen molar-refractivity contribution in [2.45, 2.75) is 37.1 Å². The Morgan fingerprint density at radius 1 is 1.41 bits per heavy atom. The fraction of sp³-hybridized carbons (Fsp3) is 0.533. The zero-order valence-corrected chi connectivity index (χ0v) is 13.4. The number of carbonyl (C=O) groups excluding carboxylic acids is 1. The van der Waals surface area contributed by atoms with E-state index >= 15 is 0 Å². The monoisotopic (exact) mass is 323 g/mol. The molecule has 3 rings (SSSR count). The SMILES string of the molecule is CC(=O)N1CCc2cc(S(=O)(=O)N[C@H]3CCCNC3)ccc21. The van der Waals surface area contributed by atoms with E-state index in [2.05, 4.69) is 10.0 Å². The molecule has 0 aliphatic carbocycles. The summed E-state index contributed by atoms with van der Waals surface area (Å²) in [6.45, 7) is 3.76. The van der Waals surface area contributed by atoms with Crippen molar-refractivity contribution in [3.05, 3.63) is 23.8 Å². The molecule has 0 bridgehead atoms. The first-order valence-corrected chi connectivity index (χ1v) is 9.10. The first-order chi connectivity index (χ1) is 10.5. The topological polar surface area (TPSA) is 78.5 Å². The Balaban J connectivity index is 1.81. The minimum Gasteiger partial charge on any atom is -0.315 e. The summed E-state index contributed by atoms with van der Waals surface area (Å²) in [4.78, 5) is 13.5. The zero-order chi connectivity index (χ0) is 15.7. The van der Waals surface area contributed by atoms with Gasteiger partial charge < -0.3 is 10.2 Å². The van der Waals surface area contributed by atoms with Crippen LogP contribution < -0.4 is 14.9 Å². The third-order valence-electron chi connectivity index (χ3n) is 4.26. The third kappa shape index (κ3) is 3.02. The van der Waals surface area contributed by atoms with E-state index in [4.69, 9.17) is 0 Å². The minimum absolute atomic E-state index is 0.0132. The molecule has 0 spiro atoms. The van der Waals surface area contributed by atoms with Gasteiger partial charge in [-0.15, -0.1) is 0 Å². The van der Waals surface area contributed by atoms with Crippen molar-refractivity contribution in [3.63, 3.8) is 0 Å². The lowest BCUT2D eigenvalue weighted by molar-refractivity contribution is -0.116. The summed E-state index contributed by atoms with van der Waals surface area (Å²) in [5.41, 5.74) is 1.74. The van der Waals surface area contributed by atoms with E-state index in [1.54, 1.807) is 23.1 Å². The second-order valence-electron chi connectivity index (χ2n) is 5.88. The lowest BCUT2D eigenvalue weighted by atomic mass is 10.1. The summed E-state index contributed by atoms with van der Waals surface area (Å²) in [6, 6.07) is 4.95. The fourth-order valence-electron chi connectivity index (χ4n) is 3.11. The predicted molar refractivity (Wildman–Crippen MR) is 84.4 cm³/mol. The quantitative estimate of drug-likeness (QED) is 0.855. The number of carbonyl (C=O) groups is 1. The summed E-state index contributed by atoms with van der Waals surface area (Å²) in [6.07, 6.45) is 2.53. The van der Waals surface area contributed by atoms with Gasteiger partial charge in [0.25, 0.3) is 0 Å². The molecule has 6 nitrogen and oxygen atoms in total. The van der Waals surface area contributed by atoms with Crippen LogP contribution in [0.15, 0.2) is 23.1 Å². The van der Waals surface area contributed by atoms with E-state index in [1.807, 2.05) is 0 Å². The Hall–Kier alpha value is -1.44. The first kappa shape index (κ1) is 15.5. The van der Waals surface area contributed by atoms with Crippen LogP contribution in [-0.4, -0.2) is 40.0 Å². The molecule has 1 aromatic rings. The van der Waals surface area contributed by atoms with Crippen molar-refractivity contribution in [1.82, 2.24) is 10.0 Å². The largest absolute Gasteiger partial charge is 0.315 e. The van der Waals surface area contributed by atoms with E-state index in [0.717, 1.165) is 30.6 Å². The van der Waals surface area contributed by atoms with Crippen LogP contribution in [0, 0.1) is 0 Å². The van der Waals surface area contributed by atoms with Crippen molar-refractivity contribution >= 4 is 21.6 Å². The molecule has 1 aromatic carbocycles. The third-order valence-corrected chi connectivity index (χ3v) is 5.77. The molecule has 22 heavy (non-hydrogen) atoms. The van der Waals surface area contributed by atoms with Gasteiger partial charge in [0.2, 0.25) is 15.9 Å². The number of fused-ring (bicyclic) bond motifs is 1. The summed E-state index contributed by atoms with van der Waals surface area (Å²) in [5.74, 6) is -0.0132. The van der Waals surface area contributed by atoms with Crippen LogP contribution in [0.2, 0.25) is 0 Å². The molecular weight excluding hydrogens is 302 g/mol. The molecule has 2 N–H and O–H groups in total. The number of sulfonamides is 1. The van der Waals surface area contributed by atoms with Gasteiger partial charge in [0.1, 0.15) is 0 Å². The van der Waals surface area contributed by atoms with Crippen molar-refractivity contribution < 1.29 is 13.2 Å². The molecule has 2 aliphatic heterocycles. The average molecular weight is 323 g/mol. The Morgan fingerprint density at radius 2 is 2.23 bits per heavy atom. The normalized spacial score (nSPS) is 21.7. The molecule has 0 saturated carbocycles. The molecule has 1 amide bonds. The van der Waals surface area contributed by atoms with E-state index in [0.29, 0.717) is 19.5 Å². The predicted octanol–water partition coefficient (Wildman–Crippen LogP) is 0.626. The molecule has 2 aliphatic rings. The Morgan fingerprint density at radius 3 is 2.91 bits per heavy atom. The highest BCUT2D eigenvalue weighted by Gasteiger charge is 2.26. The van der Waals surface area contributed by atoms with Gasteiger partial charge in [-0.25, -0.2) is 13.1 Å². The number of piperidine rings is 1. The van der Waals surface area contributed by atoms with Crippen LogP contribution in [0.25, 0.3) is 0 Å². The van der Waals surface area contributed by atoms with Crippen LogP contribution in [0.1, 0.15) is 25.3 Å². The lowest BCUT2D eigenvalue weighted by Gasteiger charge is -2.23. The van der Waals surface area contributed by atoms with Gasteiger partial charge >= 0.3 is 0 Å². The zero-order valence-electron chi connectivity index (χ0n) is 12.6. The second kappa shape index (κ2) is 5.98. The lowest BCUT2D eigenvalue weighted by Crippen LogP contribution is -2.45. The Labute approximate surface area is 130 Å². The maximum absolute atomic E-state index is 12.5. The van der Waals surface area contributed by atoms with Crippen LogP contribution in [-0.2, 0) is 21.2 Å². The number of nitrogens with zero attached hydrogens (tertiary/aromatic N) is 1. The smallest absolute Gasteiger partial charge is 0.240 e. The van der Waals surface area contributed by atoms with Gasteiger partial charge in [-0.3, -0.25) is 4.79 Å². The Kier molecular flexibility index (Phi) is 4.20. The van der Waals surface area contributed by atoms with Crippen molar-refractivity contribution in [1.29, 1.82) is 0 Å². The number of rotatable bonds is 3. The standard InChI is InChI=1S/C15H21N3O3S/c1-11(19)18-8-6-12-9-14(4-5-15(12)18)22(20,21)17-13-3-2-7-16-10-13/h4-5,9,13,16-17H,2-3,6-8,10H2,1H3/t13-/m0/s1. The van der Waals surface area contributed by atoms with Crippen molar-refractivity contribution in [3.8, 4) is 0 Å². The number of hydrogen-bond acceptors (Lipinski definition) is 4. The molecule has 1 fully saturated rings. The van der Waals surface area contributed by atoms with Crippen LogP contribution in [0.3, 0.4) is 0 Å². The maximum Gasteiger partial charge on any atom is 0.240 e. The van der Waals surface area contributed by atoms with E-state index < -0.39 is 10.0 Å². The molecule has 1 atom stereocenters. The molecule has 0 aromatic heterocycles. The number of hydrogen-bond donors (Lipinski definition) is 2. The highest BCUT2D eigenvalue weighted by atomic mass is 32.2. The summed E-state index contributed by atoms with van der Waals surface area (Å²) in [5, 5.41) is 3.20. The van der Waals surface area contributed by atoms with E-state index in [-0.39, 0.29) is 16.8 Å².